The first-order valence-electron chi connectivity index (χ1n) is 11.2. The molecular weight excluding hydrogens is 434 g/mol. The molecule has 1 amide bonds. The van der Waals surface area contributed by atoms with Crippen LogP contribution < -0.4 is 5.32 Å². The van der Waals surface area contributed by atoms with E-state index in [1.165, 1.54) is 0 Å². The molecule has 4 rings (SSSR count). The number of hydrogen-bond donors (Lipinski definition) is 2. The van der Waals surface area contributed by atoms with Gasteiger partial charge in [-0.05, 0) is 43.0 Å². The zero-order valence-electron chi connectivity index (χ0n) is 19.5. The number of carboxylic acids is 1. The van der Waals surface area contributed by atoms with E-state index in [2.05, 4.69) is 22.4 Å². The Morgan fingerprint density at radius 2 is 1.71 bits per heavy atom. The number of nitrogens with zero attached hydrogens (tertiary/aromatic N) is 2. The van der Waals surface area contributed by atoms with E-state index in [1.54, 1.807) is 17.1 Å². The summed E-state index contributed by atoms with van der Waals surface area (Å²) in [6.07, 6.45) is 2.42. The van der Waals surface area contributed by atoms with E-state index < -0.39 is 18.1 Å². The Hall–Kier alpha value is -3.65. The number of hydrogen-bond acceptors (Lipinski definition) is 5. The summed E-state index contributed by atoms with van der Waals surface area (Å²) in [5, 5.41) is 12.2. The van der Waals surface area contributed by atoms with Crippen molar-refractivity contribution in [2.45, 2.75) is 51.5 Å². The average Bonchev–Trinajstić information content (AvgIpc) is 3.37. The number of aromatic nitrogens is 2. The zero-order chi connectivity index (χ0) is 24.3. The summed E-state index contributed by atoms with van der Waals surface area (Å²) in [6, 6.07) is 14.9. The highest BCUT2D eigenvalue weighted by Gasteiger charge is 2.30. The molecule has 2 aromatic carbocycles. The topological polar surface area (TPSA) is 103 Å². The standard InChI is InChI=1S/C26H29N3O5/c1-26(2,3)34-16-29-15-27-13-17(29)12-23(24(30)31)28-25(32)33-14-22-20-10-6-4-8-18(20)19-9-5-7-11-21(19)22/h4-11,13,15,22-23H,12,14,16H2,1-3H3,(H,28,32)(H,30,31)/t23-/m0/s1. The number of carbonyl (C=O) groups is 2. The van der Waals surface area contributed by atoms with Gasteiger partial charge in [0, 0.05) is 24.2 Å². The fraction of sp³-hybridized carbons (Fsp3) is 0.346. The van der Waals surface area contributed by atoms with Crippen LogP contribution in [0.4, 0.5) is 4.79 Å². The molecule has 34 heavy (non-hydrogen) atoms. The quantitative estimate of drug-likeness (QED) is 0.519. The normalized spacial score (nSPS) is 13.7. The Kier molecular flexibility index (Phi) is 6.70. The third kappa shape index (κ3) is 5.28. The molecule has 8 nitrogen and oxygen atoms in total. The van der Waals surface area contributed by atoms with Crippen LogP contribution in [-0.2, 0) is 27.4 Å². The van der Waals surface area contributed by atoms with Crippen molar-refractivity contribution in [3.8, 4) is 11.1 Å². The van der Waals surface area contributed by atoms with Crippen molar-refractivity contribution in [2.75, 3.05) is 6.61 Å². The van der Waals surface area contributed by atoms with Gasteiger partial charge in [0.25, 0.3) is 0 Å². The highest BCUT2D eigenvalue weighted by atomic mass is 16.5. The Morgan fingerprint density at radius 1 is 1.09 bits per heavy atom. The van der Waals surface area contributed by atoms with Crippen molar-refractivity contribution in [2.24, 2.45) is 0 Å². The van der Waals surface area contributed by atoms with E-state index in [0.29, 0.717) is 5.69 Å². The number of benzene rings is 2. The lowest BCUT2D eigenvalue weighted by Crippen LogP contribution is -2.43. The number of carbonyl (C=O) groups excluding carboxylic acids is 1. The van der Waals surface area contributed by atoms with E-state index in [-0.39, 0.29) is 31.3 Å². The molecule has 0 bridgehead atoms. The van der Waals surface area contributed by atoms with Crippen LogP contribution in [0.15, 0.2) is 61.1 Å². The first kappa shape index (κ1) is 23.5. The molecule has 8 heteroatoms. The van der Waals surface area contributed by atoms with Gasteiger partial charge < -0.3 is 24.5 Å². The second-order valence-electron chi connectivity index (χ2n) is 9.31. The van der Waals surface area contributed by atoms with Gasteiger partial charge in [0.1, 0.15) is 19.4 Å². The molecular formula is C26H29N3O5. The predicted octanol–water partition coefficient (Wildman–Crippen LogP) is 4.19. The number of rotatable bonds is 8. The predicted molar refractivity (Wildman–Crippen MR) is 126 cm³/mol. The molecule has 0 aliphatic heterocycles. The highest BCUT2D eigenvalue weighted by molar-refractivity contribution is 5.81. The second-order valence-corrected chi connectivity index (χ2v) is 9.31. The summed E-state index contributed by atoms with van der Waals surface area (Å²) >= 11 is 0. The highest BCUT2D eigenvalue weighted by Crippen LogP contribution is 2.44. The van der Waals surface area contributed by atoms with Crippen molar-refractivity contribution in [3.63, 3.8) is 0 Å². The summed E-state index contributed by atoms with van der Waals surface area (Å²) in [5.41, 5.74) is 4.72. The molecule has 0 saturated heterocycles. The van der Waals surface area contributed by atoms with E-state index >= 15 is 0 Å². The molecule has 0 unspecified atom stereocenters. The molecule has 1 atom stereocenters. The van der Waals surface area contributed by atoms with Gasteiger partial charge in [-0.2, -0.15) is 0 Å². The maximum absolute atomic E-state index is 12.6. The minimum absolute atomic E-state index is 0.0486. The van der Waals surface area contributed by atoms with Gasteiger partial charge in [0.15, 0.2) is 0 Å². The number of imidazole rings is 1. The van der Waals surface area contributed by atoms with Crippen LogP contribution in [-0.4, -0.2) is 45.0 Å². The van der Waals surface area contributed by atoms with E-state index in [1.807, 2.05) is 57.2 Å². The summed E-state index contributed by atoms with van der Waals surface area (Å²) in [7, 11) is 0. The molecule has 1 aliphatic carbocycles. The second kappa shape index (κ2) is 9.69. The Labute approximate surface area is 198 Å². The number of carboxylic acid groups (broad SMARTS) is 1. The third-order valence-corrected chi connectivity index (χ3v) is 5.78. The van der Waals surface area contributed by atoms with Crippen LogP contribution in [0.5, 0.6) is 0 Å². The van der Waals surface area contributed by atoms with Crippen molar-refractivity contribution in [1.82, 2.24) is 14.9 Å². The number of amides is 1. The number of nitrogens with one attached hydrogen (secondary N) is 1. The number of ether oxygens (including phenoxy) is 2. The SMILES string of the molecule is CC(C)(C)OCn1cncc1C[C@H](NC(=O)OCC1c2ccccc2-c2ccccc21)C(=O)O. The summed E-state index contributed by atoms with van der Waals surface area (Å²) in [4.78, 5) is 28.5. The smallest absolute Gasteiger partial charge is 0.407 e. The van der Waals surface area contributed by atoms with Crippen molar-refractivity contribution < 1.29 is 24.2 Å². The van der Waals surface area contributed by atoms with Crippen LogP contribution in [0.25, 0.3) is 11.1 Å². The van der Waals surface area contributed by atoms with Crippen LogP contribution in [0.1, 0.15) is 43.5 Å². The maximum atomic E-state index is 12.6. The van der Waals surface area contributed by atoms with Crippen molar-refractivity contribution in [1.29, 1.82) is 0 Å². The fourth-order valence-electron chi connectivity index (χ4n) is 4.09. The molecule has 0 radical (unpaired) electrons. The summed E-state index contributed by atoms with van der Waals surface area (Å²) in [5.74, 6) is -1.25. The molecule has 0 saturated carbocycles. The number of alkyl carbamates (subject to hydrolysis) is 1. The molecule has 3 aromatic rings. The fourth-order valence-corrected chi connectivity index (χ4v) is 4.09. The monoisotopic (exact) mass is 463 g/mol. The molecule has 0 fully saturated rings. The van der Waals surface area contributed by atoms with Gasteiger partial charge >= 0.3 is 12.1 Å². The number of fused-ring (bicyclic) bond motifs is 3. The van der Waals surface area contributed by atoms with Gasteiger partial charge in [-0.25, -0.2) is 14.6 Å². The first-order chi connectivity index (χ1) is 16.2. The molecule has 1 aromatic heterocycles. The Bertz CT molecular complexity index is 1140. The van der Waals surface area contributed by atoms with Gasteiger partial charge in [-0.3, -0.25) is 0 Å². The van der Waals surface area contributed by atoms with E-state index in [0.717, 1.165) is 22.3 Å². The lowest BCUT2D eigenvalue weighted by Gasteiger charge is -2.21. The lowest BCUT2D eigenvalue weighted by molar-refractivity contribution is -0.139. The maximum Gasteiger partial charge on any atom is 0.407 e. The van der Waals surface area contributed by atoms with Gasteiger partial charge in [0.05, 0.1) is 11.9 Å². The number of aliphatic carboxylic acids is 1. The van der Waals surface area contributed by atoms with Crippen LogP contribution >= 0.6 is 0 Å². The van der Waals surface area contributed by atoms with Crippen LogP contribution in [0.2, 0.25) is 0 Å². The van der Waals surface area contributed by atoms with Crippen molar-refractivity contribution >= 4 is 12.1 Å². The minimum Gasteiger partial charge on any atom is -0.480 e. The van der Waals surface area contributed by atoms with Crippen molar-refractivity contribution in [3.05, 3.63) is 77.9 Å². The van der Waals surface area contributed by atoms with Gasteiger partial charge in [-0.15, -0.1) is 0 Å². The molecule has 178 valence electrons. The summed E-state index contributed by atoms with van der Waals surface area (Å²) < 4.78 is 13.0. The van der Waals surface area contributed by atoms with E-state index in [4.69, 9.17) is 9.47 Å². The van der Waals surface area contributed by atoms with Crippen LogP contribution in [0.3, 0.4) is 0 Å². The third-order valence-electron chi connectivity index (χ3n) is 5.78. The largest absolute Gasteiger partial charge is 0.480 e. The summed E-state index contributed by atoms with van der Waals surface area (Å²) in [6.45, 7) is 6.15. The van der Waals surface area contributed by atoms with Gasteiger partial charge in [0.2, 0.25) is 0 Å². The molecule has 1 heterocycles. The Morgan fingerprint density at radius 3 is 2.29 bits per heavy atom. The van der Waals surface area contributed by atoms with Crippen LogP contribution in [0, 0.1) is 0 Å². The zero-order valence-corrected chi connectivity index (χ0v) is 19.5. The molecule has 0 spiro atoms. The average molecular weight is 464 g/mol. The molecule has 2 N–H and O–H groups in total. The lowest BCUT2D eigenvalue weighted by atomic mass is 9.98. The van der Waals surface area contributed by atoms with Gasteiger partial charge in [-0.1, -0.05) is 48.5 Å². The minimum atomic E-state index is -1.17. The Balaban J connectivity index is 1.40. The first-order valence-corrected chi connectivity index (χ1v) is 11.2. The molecule has 1 aliphatic rings. The van der Waals surface area contributed by atoms with E-state index in [9.17, 15) is 14.7 Å².